The molecule has 0 atom stereocenters. The Hall–Kier alpha value is -3.78. The number of aryl methyl sites for hydroxylation is 2. The topological polar surface area (TPSA) is 90.2 Å². The molecule has 0 saturated carbocycles. The van der Waals surface area contributed by atoms with Gasteiger partial charge in [-0.3, -0.25) is 19.0 Å². The lowest BCUT2D eigenvalue weighted by atomic mass is 10.1. The van der Waals surface area contributed by atoms with Crippen LogP contribution in [0.4, 0.5) is 5.69 Å². The number of amides is 1. The van der Waals surface area contributed by atoms with E-state index in [-0.39, 0.29) is 12.3 Å². The largest absolute Gasteiger partial charge is 0.336 e. The molecule has 0 unspecified atom stereocenters. The molecule has 2 heterocycles. The molecule has 0 spiro atoms. The monoisotopic (exact) mass is 447 g/mol. The Kier molecular flexibility index (Phi) is 5.63. The lowest BCUT2D eigenvalue weighted by Gasteiger charge is -2.14. The van der Waals surface area contributed by atoms with E-state index in [2.05, 4.69) is 5.32 Å². The molecule has 32 heavy (non-hydrogen) atoms. The van der Waals surface area contributed by atoms with Crippen molar-refractivity contribution in [2.24, 2.45) is 0 Å². The summed E-state index contributed by atoms with van der Waals surface area (Å²) >= 11 is 1.23. The van der Waals surface area contributed by atoms with Gasteiger partial charge in [-0.15, -0.1) is 11.3 Å². The van der Waals surface area contributed by atoms with Gasteiger partial charge in [-0.25, -0.2) is 9.36 Å². The fourth-order valence-corrected chi connectivity index (χ4v) is 4.37. The van der Waals surface area contributed by atoms with Crippen LogP contribution in [0.15, 0.2) is 63.5 Å². The van der Waals surface area contributed by atoms with Crippen LogP contribution < -0.4 is 16.6 Å². The predicted octanol–water partition coefficient (Wildman–Crippen LogP) is 3.67. The van der Waals surface area contributed by atoms with Gasteiger partial charge in [-0.1, -0.05) is 12.1 Å². The first kappa shape index (κ1) is 21.5. The molecule has 2 aromatic heterocycles. The first-order valence-electron chi connectivity index (χ1n) is 9.98. The highest BCUT2D eigenvalue weighted by Gasteiger charge is 2.18. The van der Waals surface area contributed by atoms with Crippen LogP contribution in [-0.2, 0) is 11.3 Å². The second-order valence-corrected chi connectivity index (χ2v) is 8.53. The van der Waals surface area contributed by atoms with E-state index >= 15 is 0 Å². The van der Waals surface area contributed by atoms with Crippen LogP contribution in [0, 0.1) is 13.8 Å². The first-order chi connectivity index (χ1) is 15.3. The number of ketones is 1. The number of nitrogens with one attached hydrogen (secondary N) is 1. The third-order valence-corrected chi connectivity index (χ3v) is 6.13. The minimum absolute atomic E-state index is 0.0667. The number of anilines is 1. The molecule has 4 aromatic rings. The number of thiophene rings is 1. The molecular weight excluding hydrogens is 426 g/mol. The highest BCUT2D eigenvalue weighted by Crippen LogP contribution is 2.19. The Bertz CT molecular complexity index is 1480. The van der Waals surface area contributed by atoms with Crippen LogP contribution in [0.1, 0.15) is 28.4 Å². The van der Waals surface area contributed by atoms with Gasteiger partial charge < -0.3 is 5.32 Å². The average Bonchev–Trinajstić information content (AvgIpc) is 3.24. The van der Waals surface area contributed by atoms with Crippen LogP contribution >= 0.6 is 11.3 Å². The van der Waals surface area contributed by atoms with Crippen molar-refractivity contribution < 1.29 is 9.59 Å². The number of fused-ring (bicyclic) bond motifs is 1. The summed E-state index contributed by atoms with van der Waals surface area (Å²) in [6.07, 6.45) is 0. The van der Waals surface area contributed by atoms with Crippen LogP contribution in [0.3, 0.4) is 0 Å². The van der Waals surface area contributed by atoms with E-state index in [1.165, 1.54) is 22.8 Å². The van der Waals surface area contributed by atoms with E-state index < -0.39 is 17.2 Å². The van der Waals surface area contributed by atoms with Crippen LogP contribution in [0.25, 0.3) is 15.9 Å². The van der Waals surface area contributed by atoms with Gasteiger partial charge in [0, 0.05) is 11.3 Å². The van der Waals surface area contributed by atoms with Crippen LogP contribution in [-0.4, -0.2) is 20.8 Å². The summed E-state index contributed by atoms with van der Waals surface area (Å²) in [7, 11) is 0. The van der Waals surface area contributed by atoms with E-state index in [4.69, 9.17) is 0 Å². The number of nitrogens with zero attached hydrogens (tertiary/aromatic N) is 2. The maximum absolute atomic E-state index is 13.4. The van der Waals surface area contributed by atoms with Gasteiger partial charge in [0.1, 0.15) is 11.2 Å². The summed E-state index contributed by atoms with van der Waals surface area (Å²) in [5.74, 6) is -0.482. The van der Waals surface area contributed by atoms with Gasteiger partial charge in [-0.2, -0.15) is 0 Å². The van der Waals surface area contributed by atoms with E-state index in [9.17, 15) is 19.2 Å². The smallest absolute Gasteiger partial charge is 0.325 e. The normalized spacial score (nSPS) is 11.0. The number of hydrogen-bond donors (Lipinski definition) is 1. The Morgan fingerprint density at radius 3 is 2.41 bits per heavy atom. The molecule has 4 rings (SSSR count). The molecule has 2 aromatic carbocycles. The quantitative estimate of drug-likeness (QED) is 0.473. The maximum Gasteiger partial charge on any atom is 0.336 e. The highest BCUT2D eigenvalue weighted by molar-refractivity contribution is 7.17. The summed E-state index contributed by atoms with van der Waals surface area (Å²) in [5.41, 5.74) is 2.71. The lowest BCUT2D eigenvalue weighted by molar-refractivity contribution is -0.116. The molecule has 1 N–H and O–H groups in total. The summed E-state index contributed by atoms with van der Waals surface area (Å²) in [4.78, 5) is 50.7. The van der Waals surface area contributed by atoms with Crippen LogP contribution in [0.2, 0.25) is 0 Å². The molecule has 162 valence electrons. The van der Waals surface area contributed by atoms with Gasteiger partial charge in [0.2, 0.25) is 5.91 Å². The minimum atomic E-state index is -0.573. The second-order valence-electron chi connectivity index (χ2n) is 7.62. The molecule has 1 amide bonds. The van der Waals surface area contributed by atoms with Crippen molar-refractivity contribution in [2.45, 2.75) is 27.3 Å². The number of carbonyl (C=O) groups excluding carboxylic acids is 2. The van der Waals surface area contributed by atoms with Crippen molar-refractivity contribution in [2.75, 3.05) is 5.32 Å². The van der Waals surface area contributed by atoms with Crippen molar-refractivity contribution in [3.05, 3.63) is 91.4 Å². The van der Waals surface area contributed by atoms with E-state index in [1.54, 1.807) is 41.8 Å². The standard InChI is InChI=1S/C24H21N3O4S/c1-14-4-5-15(2)20(12-14)27-23(30)22-19(10-11-32-22)26(24(27)31)13-21(29)25-18-8-6-17(7-9-18)16(3)28/h4-12H,13H2,1-3H3,(H,25,29). The number of aromatic nitrogens is 2. The molecule has 0 aliphatic rings. The fourth-order valence-electron chi connectivity index (χ4n) is 3.55. The number of Topliss-reactive ketones (excluding diaryl/α,β-unsaturated/α-hetero) is 1. The predicted molar refractivity (Wildman–Crippen MR) is 126 cm³/mol. The number of carbonyl (C=O) groups is 2. The van der Waals surface area contributed by atoms with Gasteiger partial charge >= 0.3 is 5.69 Å². The molecule has 0 radical (unpaired) electrons. The minimum Gasteiger partial charge on any atom is -0.325 e. The van der Waals surface area contributed by atoms with Gasteiger partial charge in [0.25, 0.3) is 5.56 Å². The zero-order valence-electron chi connectivity index (χ0n) is 17.8. The summed E-state index contributed by atoms with van der Waals surface area (Å²) < 4.78 is 2.86. The zero-order chi connectivity index (χ0) is 23.0. The van der Waals surface area contributed by atoms with Crippen molar-refractivity contribution in [1.82, 2.24) is 9.13 Å². The van der Waals surface area contributed by atoms with Crippen molar-refractivity contribution in [1.29, 1.82) is 0 Å². The first-order valence-corrected chi connectivity index (χ1v) is 10.9. The van der Waals surface area contributed by atoms with E-state index in [0.29, 0.717) is 27.2 Å². The number of hydrogen-bond acceptors (Lipinski definition) is 5. The number of rotatable bonds is 5. The lowest BCUT2D eigenvalue weighted by Crippen LogP contribution is -2.40. The van der Waals surface area contributed by atoms with Crippen molar-refractivity contribution in [3.8, 4) is 5.69 Å². The fraction of sp³-hybridized carbons (Fsp3) is 0.167. The molecule has 0 bridgehead atoms. The maximum atomic E-state index is 13.4. The highest BCUT2D eigenvalue weighted by atomic mass is 32.1. The van der Waals surface area contributed by atoms with Gasteiger partial charge in [-0.05, 0) is 73.7 Å². The SMILES string of the molecule is CC(=O)c1ccc(NC(=O)Cn2c(=O)n(-c3cc(C)ccc3C)c(=O)c3sccc32)cc1. The second kappa shape index (κ2) is 8.39. The molecular formula is C24H21N3O4S. The molecule has 0 saturated heterocycles. The van der Waals surface area contributed by atoms with Gasteiger partial charge in [0.05, 0.1) is 11.2 Å². The Labute approximate surface area is 187 Å². The van der Waals surface area contributed by atoms with Gasteiger partial charge in [0.15, 0.2) is 5.78 Å². The third kappa shape index (κ3) is 3.92. The Balaban J connectivity index is 1.76. The van der Waals surface area contributed by atoms with Crippen molar-refractivity contribution in [3.63, 3.8) is 0 Å². The molecule has 0 aliphatic heterocycles. The molecule has 0 fully saturated rings. The number of benzene rings is 2. The summed E-state index contributed by atoms with van der Waals surface area (Å²) in [6.45, 7) is 4.94. The molecule has 8 heteroatoms. The zero-order valence-corrected chi connectivity index (χ0v) is 18.7. The summed E-state index contributed by atoms with van der Waals surface area (Å²) in [5, 5.41) is 4.47. The van der Waals surface area contributed by atoms with Crippen molar-refractivity contribution >= 4 is 38.9 Å². The average molecular weight is 448 g/mol. The van der Waals surface area contributed by atoms with E-state index in [1.807, 2.05) is 26.0 Å². The molecule has 7 nitrogen and oxygen atoms in total. The Morgan fingerprint density at radius 1 is 1.00 bits per heavy atom. The molecule has 0 aliphatic carbocycles. The Morgan fingerprint density at radius 2 is 1.72 bits per heavy atom. The van der Waals surface area contributed by atoms with Crippen LogP contribution in [0.5, 0.6) is 0 Å². The third-order valence-electron chi connectivity index (χ3n) is 5.24. The summed E-state index contributed by atoms with van der Waals surface area (Å²) in [6, 6.07) is 13.8. The van der Waals surface area contributed by atoms with E-state index in [0.717, 1.165) is 15.7 Å².